The van der Waals surface area contributed by atoms with Crippen molar-refractivity contribution in [2.75, 3.05) is 13.7 Å². The monoisotopic (exact) mass is 260 g/mol. The first-order chi connectivity index (χ1) is 9.20. The number of carbonyl (C=O) groups is 2. The number of esters is 1. The number of ether oxygens (including phenoxy) is 1. The molecule has 2 aromatic rings. The minimum Gasteiger partial charge on any atom is -0.452 e. The first-order valence-corrected chi connectivity index (χ1v) is 5.53. The Morgan fingerprint density at radius 1 is 1.32 bits per heavy atom. The van der Waals surface area contributed by atoms with Gasteiger partial charge in [0.2, 0.25) is 0 Å². The lowest BCUT2D eigenvalue weighted by atomic mass is 10.2. The molecule has 1 aromatic carbocycles. The van der Waals surface area contributed by atoms with Crippen molar-refractivity contribution in [3.05, 3.63) is 42.5 Å². The highest BCUT2D eigenvalue weighted by Crippen LogP contribution is 2.09. The quantitative estimate of drug-likeness (QED) is 0.792. The fraction of sp³-hybridized carbons (Fsp3) is 0.167. The second-order valence-electron chi connectivity index (χ2n) is 3.64. The zero-order chi connectivity index (χ0) is 13.7. The van der Waals surface area contributed by atoms with E-state index in [4.69, 9.17) is 4.74 Å². The van der Waals surface area contributed by atoms with Gasteiger partial charge in [-0.05, 0) is 24.3 Å². The van der Waals surface area contributed by atoms with Crippen LogP contribution in [-0.4, -0.2) is 40.3 Å². The van der Waals surface area contributed by atoms with Crippen LogP contribution < -0.4 is 5.32 Å². The Morgan fingerprint density at radius 2 is 2.05 bits per heavy atom. The van der Waals surface area contributed by atoms with Gasteiger partial charge in [0.15, 0.2) is 6.61 Å². The lowest BCUT2D eigenvalue weighted by molar-refractivity contribution is -0.123. The van der Waals surface area contributed by atoms with Crippen molar-refractivity contribution in [3.63, 3.8) is 0 Å². The molecule has 0 aliphatic heterocycles. The zero-order valence-corrected chi connectivity index (χ0v) is 10.2. The van der Waals surface area contributed by atoms with Gasteiger partial charge in [0, 0.05) is 7.05 Å². The van der Waals surface area contributed by atoms with Crippen molar-refractivity contribution in [3.8, 4) is 5.69 Å². The molecular weight excluding hydrogens is 248 g/mol. The van der Waals surface area contributed by atoms with Gasteiger partial charge in [-0.15, -0.1) is 0 Å². The van der Waals surface area contributed by atoms with Gasteiger partial charge in [-0.2, -0.15) is 5.10 Å². The van der Waals surface area contributed by atoms with Crippen LogP contribution in [-0.2, 0) is 9.53 Å². The van der Waals surface area contributed by atoms with Crippen LogP contribution >= 0.6 is 0 Å². The van der Waals surface area contributed by atoms with Crippen LogP contribution in [0.1, 0.15) is 10.4 Å². The Bertz CT molecular complexity index is 563. The number of amides is 1. The van der Waals surface area contributed by atoms with Crippen LogP contribution in [0.15, 0.2) is 36.9 Å². The third kappa shape index (κ3) is 3.15. The molecule has 0 spiro atoms. The Labute approximate surface area is 109 Å². The number of nitrogens with one attached hydrogen (secondary N) is 1. The molecule has 98 valence electrons. The number of hydrogen-bond acceptors (Lipinski definition) is 5. The maximum absolute atomic E-state index is 11.6. The van der Waals surface area contributed by atoms with E-state index < -0.39 is 5.97 Å². The molecule has 0 aliphatic carbocycles. The molecule has 1 amide bonds. The first kappa shape index (κ1) is 12.7. The number of carbonyl (C=O) groups excluding carboxylic acids is 2. The molecule has 0 radical (unpaired) electrons. The van der Waals surface area contributed by atoms with E-state index in [0.717, 1.165) is 5.69 Å². The third-order valence-corrected chi connectivity index (χ3v) is 2.40. The van der Waals surface area contributed by atoms with Crippen molar-refractivity contribution in [2.45, 2.75) is 0 Å². The van der Waals surface area contributed by atoms with Crippen LogP contribution in [0.25, 0.3) is 5.69 Å². The zero-order valence-electron chi connectivity index (χ0n) is 10.2. The molecule has 0 fully saturated rings. The maximum Gasteiger partial charge on any atom is 0.338 e. The predicted octanol–water partition coefficient (Wildman–Crippen LogP) is 0.170. The molecule has 7 heteroatoms. The van der Waals surface area contributed by atoms with E-state index in [9.17, 15) is 9.59 Å². The fourth-order valence-electron chi connectivity index (χ4n) is 1.38. The highest BCUT2D eigenvalue weighted by atomic mass is 16.5. The summed E-state index contributed by atoms with van der Waals surface area (Å²) in [4.78, 5) is 26.4. The van der Waals surface area contributed by atoms with E-state index in [2.05, 4.69) is 15.4 Å². The predicted molar refractivity (Wildman–Crippen MR) is 65.7 cm³/mol. The highest BCUT2D eigenvalue weighted by Gasteiger charge is 2.09. The van der Waals surface area contributed by atoms with E-state index in [0.29, 0.717) is 5.56 Å². The van der Waals surface area contributed by atoms with Crippen LogP contribution in [0.4, 0.5) is 0 Å². The first-order valence-electron chi connectivity index (χ1n) is 5.53. The van der Waals surface area contributed by atoms with Gasteiger partial charge in [-0.25, -0.2) is 14.5 Å². The summed E-state index contributed by atoms with van der Waals surface area (Å²) in [5, 5.41) is 6.33. The minimum atomic E-state index is -0.547. The molecule has 0 unspecified atom stereocenters. The van der Waals surface area contributed by atoms with Gasteiger partial charge in [0.25, 0.3) is 5.91 Å². The average Bonchev–Trinajstić information content (AvgIpc) is 2.98. The van der Waals surface area contributed by atoms with E-state index in [1.165, 1.54) is 13.4 Å². The SMILES string of the molecule is CNC(=O)COC(=O)c1ccc(-n2cncn2)cc1. The van der Waals surface area contributed by atoms with E-state index in [1.807, 2.05) is 0 Å². The van der Waals surface area contributed by atoms with Gasteiger partial charge in [-0.3, -0.25) is 4.79 Å². The molecule has 19 heavy (non-hydrogen) atoms. The number of benzene rings is 1. The summed E-state index contributed by atoms with van der Waals surface area (Å²) in [5.41, 5.74) is 1.15. The Balaban J connectivity index is 2.02. The van der Waals surface area contributed by atoms with Crippen molar-refractivity contribution in [1.82, 2.24) is 20.1 Å². The van der Waals surface area contributed by atoms with Crippen LogP contribution in [0.3, 0.4) is 0 Å². The Hall–Kier alpha value is -2.70. The smallest absolute Gasteiger partial charge is 0.338 e. The van der Waals surface area contributed by atoms with Gasteiger partial charge < -0.3 is 10.1 Å². The molecule has 0 aliphatic rings. The van der Waals surface area contributed by atoms with Gasteiger partial charge >= 0.3 is 5.97 Å². The van der Waals surface area contributed by atoms with Gasteiger partial charge in [0.1, 0.15) is 12.7 Å². The summed E-state index contributed by atoms with van der Waals surface area (Å²) in [6, 6.07) is 6.63. The average molecular weight is 260 g/mol. The van der Waals surface area contributed by atoms with Crippen molar-refractivity contribution in [2.24, 2.45) is 0 Å². The van der Waals surface area contributed by atoms with E-state index >= 15 is 0 Å². The molecule has 0 atom stereocenters. The number of nitrogens with zero attached hydrogens (tertiary/aromatic N) is 3. The van der Waals surface area contributed by atoms with Crippen LogP contribution in [0, 0.1) is 0 Å². The number of hydrogen-bond donors (Lipinski definition) is 1. The van der Waals surface area contributed by atoms with Crippen LogP contribution in [0.2, 0.25) is 0 Å². The van der Waals surface area contributed by atoms with Crippen molar-refractivity contribution < 1.29 is 14.3 Å². The normalized spacial score (nSPS) is 9.95. The molecule has 7 nitrogen and oxygen atoms in total. The molecule has 1 N–H and O–H groups in total. The standard InChI is InChI=1S/C12H12N4O3/c1-13-11(17)6-19-12(18)9-2-4-10(5-3-9)16-8-14-7-15-16/h2-5,7-8H,6H2,1H3,(H,13,17). The third-order valence-electron chi connectivity index (χ3n) is 2.40. The minimum absolute atomic E-state index is 0.292. The van der Waals surface area contributed by atoms with Crippen LogP contribution in [0.5, 0.6) is 0 Å². The largest absolute Gasteiger partial charge is 0.452 e. The highest BCUT2D eigenvalue weighted by molar-refractivity contribution is 5.91. The summed E-state index contributed by atoms with van der Waals surface area (Å²) >= 11 is 0. The van der Waals surface area contributed by atoms with E-state index in [1.54, 1.807) is 35.3 Å². The molecule has 1 heterocycles. The molecule has 1 aromatic heterocycles. The molecular formula is C12H12N4O3. The summed E-state index contributed by atoms with van der Waals surface area (Å²) < 4.78 is 6.39. The van der Waals surface area contributed by atoms with Crippen molar-refractivity contribution in [1.29, 1.82) is 0 Å². The topological polar surface area (TPSA) is 86.1 Å². The summed E-state index contributed by atoms with van der Waals surface area (Å²) in [7, 11) is 1.48. The molecule has 2 rings (SSSR count). The summed E-state index contributed by atoms with van der Waals surface area (Å²) in [5.74, 6) is -0.902. The number of likely N-dealkylation sites (N-methyl/N-ethyl adjacent to an activating group) is 1. The lowest BCUT2D eigenvalue weighted by Crippen LogP contribution is -2.25. The number of aromatic nitrogens is 3. The summed E-state index contributed by atoms with van der Waals surface area (Å²) in [6.07, 6.45) is 2.98. The second-order valence-corrected chi connectivity index (χ2v) is 3.64. The molecule has 0 bridgehead atoms. The second kappa shape index (κ2) is 5.76. The van der Waals surface area contributed by atoms with Gasteiger partial charge in [0.05, 0.1) is 11.3 Å². The Morgan fingerprint density at radius 3 is 2.63 bits per heavy atom. The summed E-state index contributed by atoms with van der Waals surface area (Å²) in [6.45, 7) is -0.292. The molecule has 0 saturated carbocycles. The Kier molecular flexibility index (Phi) is 3.87. The molecule has 0 saturated heterocycles. The van der Waals surface area contributed by atoms with E-state index in [-0.39, 0.29) is 12.5 Å². The maximum atomic E-state index is 11.6. The number of rotatable bonds is 4. The lowest BCUT2D eigenvalue weighted by Gasteiger charge is -2.05. The fourth-order valence-corrected chi connectivity index (χ4v) is 1.38. The van der Waals surface area contributed by atoms with Crippen molar-refractivity contribution >= 4 is 11.9 Å². The van der Waals surface area contributed by atoms with Gasteiger partial charge in [-0.1, -0.05) is 0 Å².